The molecule has 1 heterocycles. The number of amides is 1. The molecule has 0 radical (unpaired) electrons. The second-order valence-electron chi connectivity index (χ2n) is 7.53. The topological polar surface area (TPSA) is 75.7 Å². The van der Waals surface area contributed by atoms with E-state index in [1.54, 1.807) is 18.2 Å². The molecule has 3 rings (SSSR count). The van der Waals surface area contributed by atoms with Crippen LogP contribution in [-0.4, -0.2) is 44.4 Å². The van der Waals surface area contributed by atoms with Crippen LogP contribution in [0.5, 0.6) is 5.75 Å². The van der Waals surface area contributed by atoms with E-state index in [0.717, 1.165) is 18.4 Å². The van der Waals surface area contributed by atoms with Gasteiger partial charge in [0, 0.05) is 25.0 Å². The van der Waals surface area contributed by atoms with Crippen LogP contribution in [0.3, 0.4) is 0 Å². The summed E-state index contributed by atoms with van der Waals surface area (Å²) in [5.41, 5.74) is 0.809. The van der Waals surface area contributed by atoms with Crippen LogP contribution >= 0.6 is 0 Å². The van der Waals surface area contributed by atoms with Crippen LogP contribution in [0.15, 0.2) is 23.1 Å². The SMILES string of the molecule is CCOc1ccc(S(=O)(=O)N2CCC(C(=O)NC3CCCC3)CC2)cc1C. The maximum atomic E-state index is 12.9. The zero-order valence-electron chi connectivity index (χ0n) is 16.2. The summed E-state index contributed by atoms with van der Waals surface area (Å²) in [6.45, 7) is 5.07. The van der Waals surface area contributed by atoms with Gasteiger partial charge in [-0.1, -0.05) is 12.8 Å². The largest absolute Gasteiger partial charge is 0.494 e. The van der Waals surface area contributed by atoms with Gasteiger partial charge in [-0.3, -0.25) is 4.79 Å². The summed E-state index contributed by atoms with van der Waals surface area (Å²) < 4.78 is 32.9. The number of benzene rings is 1. The minimum absolute atomic E-state index is 0.0842. The number of rotatable bonds is 6. The molecule has 1 aromatic carbocycles. The Morgan fingerprint density at radius 3 is 2.44 bits per heavy atom. The Labute approximate surface area is 162 Å². The number of ether oxygens (including phenoxy) is 1. The molecule has 1 saturated heterocycles. The van der Waals surface area contributed by atoms with Crippen LogP contribution in [0.4, 0.5) is 0 Å². The van der Waals surface area contributed by atoms with Gasteiger partial charge in [-0.05, 0) is 63.3 Å². The molecule has 150 valence electrons. The smallest absolute Gasteiger partial charge is 0.243 e. The molecule has 1 aromatic rings. The van der Waals surface area contributed by atoms with Crippen molar-refractivity contribution in [2.45, 2.75) is 63.3 Å². The molecule has 1 aliphatic heterocycles. The molecule has 0 bridgehead atoms. The Balaban J connectivity index is 1.60. The number of aryl methyl sites for hydroxylation is 1. The molecule has 2 fully saturated rings. The normalized spacial score (nSPS) is 19.9. The first-order valence-corrected chi connectivity index (χ1v) is 11.4. The molecule has 6 nitrogen and oxygen atoms in total. The molecule has 1 aliphatic carbocycles. The monoisotopic (exact) mass is 394 g/mol. The van der Waals surface area contributed by atoms with Crippen LogP contribution < -0.4 is 10.1 Å². The van der Waals surface area contributed by atoms with E-state index >= 15 is 0 Å². The number of nitrogens with zero attached hydrogens (tertiary/aromatic N) is 1. The average Bonchev–Trinajstić information content (AvgIpc) is 3.16. The van der Waals surface area contributed by atoms with Crippen molar-refractivity contribution in [2.24, 2.45) is 5.92 Å². The van der Waals surface area contributed by atoms with E-state index in [4.69, 9.17) is 4.74 Å². The lowest BCUT2D eigenvalue weighted by molar-refractivity contribution is -0.126. The first-order valence-electron chi connectivity index (χ1n) is 9.95. The highest BCUT2D eigenvalue weighted by Crippen LogP contribution is 2.28. The summed E-state index contributed by atoms with van der Waals surface area (Å²) in [6.07, 6.45) is 5.65. The first-order chi connectivity index (χ1) is 12.9. The first kappa shape index (κ1) is 20.1. The van der Waals surface area contributed by atoms with E-state index in [2.05, 4.69) is 5.32 Å². The molecule has 2 aliphatic rings. The highest BCUT2D eigenvalue weighted by Gasteiger charge is 2.33. The van der Waals surface area contributed by atoms with Gasteiger partial charge in [-0.15, -0.1) is 0 Å². The van der Waals surface area contributed by atoms with Gasteiger partial charge in [0.1, 0.15) is 5.75 Å². The molecule has 0 atom stereocenters. The van der Waals surface area contributed by atoms with Gasteiger partial charge in [0.15, 0.2) is 0 Å². The van der Waals surface area contributed by atoms with E-state index in [1.807, 2.05) is 13.8 Å². The number of carbonyl (C=O) groups excluding carboxylic acids is 1. The molecule has 0 aromatic heterocycles. The lowest BCUT2D eigenvalue weighted by Crippen LogP contribution is -2.44. The quantitative estimate of drug-likeness (QED) is 0.805. The Bertz CT molecular complexity index is 764. The maximum Gasteiger partial charge on any atom is 0.243 e. The van der Waals surface area contributed by atoms with E-state index < -0.39 is 10.0 Å². The van der Waals surface area contributed by atoms with Gasteiger partial charge >= 0.3 is 0 Å². The van der Waals surface area contributed by atoms with Crippen LogP contribution in [0.1, 0.15) is 51.0 Å². The molecule has 1 saturated carbocycles. The molecule has 0 spiro atoms. The van der Waals surface area contributed by atoms with Crippen LogP contribution in [0, 0.1) is 12.8 Å². The number of carbonyl (C=O) groups is 1. The van der Waals surface area contributed by atoms with Crippen molar-refractivity contribution in [1.82, 2.24) is 9.62 Å². The fourth-order valence-electron chi connectivity index (χ4n) is 4.00. The van der Waals surface area contributed by atoms with Crippen LogP contribution in [0.2, 0.25) is 0 Å². The molecular weight excluding hydrogens is 364 g/mol. The summed E-state index contributed by atoms with van der Waals surface area (Å²) >= 11 is 0. The van der Waals surface area contributed by atoms with Gasteiger partial charge in [0.25, 0.3) is 0 Å². The number of hydrogen-bond donors (Lipinski definition) is 1. The van der Waals surface area contributed by atoms with Crippen molar-refractivity contribution < 1.29 is 17.9 Å². The van der Waals surface area contributed by atoms with Crippen molar-refractivity contribution in [2.75, 3.05) is 19.7 Å². The van der Waals surface area contributed by atoms with Crippen molar-refractivity contribution in [3.63, 3.8) is 0 Å². The lowest BCUT2D eigenvalue weighted by atomic mass is 9.97. The third-order valence-corrected chi connectivity index (χ3v) is 7.50. The van der Waals surface area contributed by atoms with Crippen molar-refractivity contribution in [1.29, 1.82) is 0 Å². The third kappa shape index (κ3) is 4.63. The van der Waals surface area contributed by atoms with Gasteiger partial charge in [-0.2, -0.15) is 4.31 Å². The predicted octanol–water partition coefficient (Wildman–Crippen LogP) is 2.85. The third-order valence-electron chi connectivity index (χ3n) is 5.61. The Kier molecular flexibility index (Phi) is 6.42. The number of hydrogen-bond acceptors (Lipinski definition) is 4. The zero-order chi connectivity index (χ0) is 19.4. The highest BCUT2D eigenvalue weighted by molar-refractivity contribution is 7.89. The zero-order valence-corrected chi connectivity index (χ0v) is 17.1. The van der Waals surface area contributed by atoms with Crippen LogP contribution in [-0.2, 0) is 14.8 Å². The maximum absolute atomic E-state index is 12.9. The van der Waals surface area contributed by atoms with Gasteiger partial charge in [0.05, 0.1) is 11.5 Å². The number of sulfonamides is 1. The molecule has 1 amide bonds. The molecule has 7 heteroatoms. The fraction of sp³-hybridized carbons (Fsp3) is 0.650. The van der Waals surface area contributed by atoms with E-state index in [-0.39, 0.29) is 16.7 Å². The molecular formula is C20H30N2O4S. The second-order valence-corrected chi connectivity index (χ2v) is 9.47. The fourth-order valence-corrected chi connectivity index (χ4v) is 5.55. The van der Waals surface area contributed by atoms with E-state index in [0.29, 0.717) is 44.3 Å². The predicted molar refractivity (Wildman–Crippen MR) is 104 cm³/mol. The summed E-state index contributed by atoms with van der Waals surface area (Å²) in [7, 11) is -3.54. The molecule has 1 N–H and O–H groups in total. The van der Waals surface area contributed by atoms with Crippen molar-refractivity contribution in [3.05, 3.63) is 23.8 Å². The summed E-state index contributed by atoms with van der Waals surface area (Å²) in [6, 6.07) is 5.30. The van der Waals surface area contributed by atoms with Gasteiger partial charge < -0.3 is 10.1 Å². The Hall–Kier alpha value is -1.60. The second kappa shape index (κ2) is 8.61. The minimum Gasteiger partial charge on any atom is -0.494 e. The Morgan fingerprint density at radius 1 is 1.19 bits per heavy atom. The molecule has 0 unspecified atom stereocenters. The lowest BCUT2D eigenvalue weighted by Gasteiger charge is -2.31. The summed E-state index contributed by atoms with van der Waals surface area (Å²) in [4.78, 5) is 12.7. The van der Waals surface area contributed by atoms with Crippen molar-refractivity contribution in [3.8, 4) is 5.75 Å². The van der Waals surface area contributed by atoms with Crippen molar-refractivity contribution >= 4 is 15.9 Å². The standard InChI is InChI=1S/C20H30N2O4S/c1-3-26-19-9-8-18(14-15(19)2)27(24,25)22-12-10-16(11-13-22)20(23)21-17-6-4-5-7-17/h8-9,14,16-17H,3-7,10-13H2,1-2H3,(H,21,23). The van der Waals surface area contributed by atoms with E-state index in [1.165, 1.54) is 17.1 Å². The van der Waals surface area contributed by atoms with Gasteiger partial charge in [0.2, 0.25) is 15.9 Å². The van der Waals surface area contributed by atoms with Gasteiger partial charge in [-0.25, -0.2) is 8.42 Å². The number of piperidine rings is 1. The molecule has 27 heavy (non-hydrogen) atoms. The van der Waals surface area contributed by atoms with Crippen LogP contribution in [0.25, 0.3) is 0 Å². The van der Waals surface area contributed by atoms with E-state index in [9.17, 15) is 13.2 Å². The summed E-state index contributed by atoms with van der Waals surface area (Å²) in [5, 5.41) is 3.14. The highest BCUT2D eigenvalue weighted by atomic mass is 32.2. The average molecular weight is 395 g/mol. The Morgan fingerprint density at radius 2 is 1.85 bits per heavy atom. The number of nitrogens with one attached hydrogen (secondary N) is 1. The minimum atomic E-state index is -3.54. The summed E-state index contributed by atoms with van der Waals surface area (Å²) in [5.74, 6) is 0.716.